The Kier molecular flexibility index (Phi) is 6.74. The molecule has 1 N–H and O–H groups in total. The summed E-state index contributed by atoms with van der Waals surface area (Å²) in [6, 6.07) is 18.5. The molecule has 30 heavy (non-hydrogen) atoms. The third-order valence-corrected chi connectivity index (χ3v) is 5.30. The first-order valence-corrected chi connectivity index (χ1v) is 9.93. The van der Waals surface area contributed by atoms with Crippen LogP contribution in [0.3, 0.4) is 0 Å². The zero-order valence-electron chi connectivity index (χ0n) is 17.8. The van der Waals surface area contributed by atoms with Crippen LogP contribution in [0.25, 0.3) is 5.69 Å². The number of amides is 1. The lowest BCUT2D eigenvalue weighted by Gasteiger charge is -2.23. The van der Waals surface area contributed by atoms with Gasteiger partial charge in [0.15, 0.2) is 0 Å². The number of ether oxygens (including phenoxy) is 1. The number of para-hydroxylation sites is 2. The number of likely N-dealkylation sites (N-methyl/N-ethyl adjacent to an activating group) is 1. The number of hydrogen-bond donors (Lipinski definition) is 1. The van der Waals surface area contributed by atoms with Crippen LogP contribution in [0.1, 0.15) is 12.6 Å². The van der Waals surface area contributed by atoms with Crippen molar-refractivity contribution in [3.63, 3.8) is 0 Å². The fourth-order valence-electron chi connectivity index (χ4n) is 3.16. The van der Waals surface area contributed by atoms with Gasteiger partial charge in [-0.3, -0.25) is 19.2 Å². The Hall–Kier alpha value is -3.32. The summed E-state index contributed by atoms with van der Waals surface area (Å²) >= 11 is 0. The molecule has 0 aliphatic carbocycles. The average Bonchev–Trinajstić information content (AvgIpc) is 2.97. The molecule has 0 saturated carbocycles. The standard InChI is InChI=1S/C23H28N4O3/c1-17-21(23(29)27(26(17)4)19-11-7-5-8-12-19)24-22(28)18(2)25(3)15-16-30-20-13-9-6-10-14-20/h5-14,18H,15-16H2,1-4H3,(H,24,28). The number of aromatic nitrogens is 2. The molecule has 1 aromatic heterocycles. The normalized spacial score (nSPS) is 12.0. The number of carbonyl (C=O) groups excluding carboxylic acids is 1. The summed E-state index contributed by atoms with van der Waals surface area (Å²) in [5, 5.41) is 2.82. The molecule has 1 atom stereocenters. The second-order valence-electron chi connectivity index (χ2n) is 7.24. The fraction of sp³-hybridized carbons (Fsp3) is 0.304. The first-order chi connectivity index (χ1) is 14.4. The van der Waals surface area contributed by atoms with Crippen LogP contribution < -0.4 is 15.6 Å². The van der Waals surface area contributed by atoms with Gasteiger partial charge in [0, 0.05) is 13.6 Å². The second kappa shape index (κ2) is 9.45. The molecule has 7 heteroatoms. The van der Waals surface area contributed by atoms with Gasteiger partial charge in [-0.25, -0.2) is 4.68 Å². The van der Waals surface area contributed by atoms with Gasteiger partial charge in [-0.2, -0.15) is 0 Å². The van der Waals surface area contributed by atoms with Gasteiger partial charge in [-0.05, 0) is 45.2 Å². The predicted molar refractivity (Wildman–Crippen MR) is 118 cm³/mol. The van der Waals surface area contributed by atoms with Crippen LogP contribution in [0.4, 0.5) is 5.69 Å². The third-order valence-electron chi connectivity index (χ3n) is 5.30. The van der Waals surface area contributed by atoms with E-state index in [1.165, 1.54) is 0 Å². The summed E-state index contributed by atoms with van der Waals surface area (Å²) in [6.45, 7) is 4.67. The number of nitrogens with zero attached hydrogens (tertiary/aromatic N) is 3. The first kappa shape index (κ1) is 21.4. The highest BCUT2D eigenvalue weighted by atomic mass is 16.5. The Morgan fingerprint density at radius 2 is 1.70 bits per heavy atom. The number of rotatable bonds is 8. The minimum Gasteiger partial charge on any atom is -0.492 e. The Bertz CT molecular complexity index is 1040. The highest BCUT2D eigenvalue weighted by Crippen LogP contribution is 2.15. The average molecular weight is 409 g/mol. The van der Waals surface area contributed by atoms with Crippen LogP contribution >= 0.6 is 0 Å². The number of nitrogens with one attached hydrogen (secondary N) is 1. The van der Waals surface area contributed by atoms with Gasteiger partial charge < -0.3 is 10.1 Å². The number of anilines is 1. The van der Waals surface area contributed by atoms with Crippen LogP contribution in [0.5, 0.6) is 5.75 Å². The van der Waals surface area contributed by atoms with E-state index < -0.39 is 6.04 Å². The minimum absolute atomic E-state index is 0.233. The van der Waals surface area contributed by atoms with Gasteiger partial charge >= 0.3 is 0 Å². The van der Waals surface area contributed by atoms with Crippen LogP contribution in [0.15, 0.2) is 65.5 Å². The number of benzene rings is 2. The van der Waals surface area contributed by atoms with Gasteiger partial charge in [0.1, 0.15) is 18.0 Å². The molecule has 7 nitrogen and oxygen atoms in total. The van der Waals surface area contributed by atoms with E-state index in [9.17, 15) is 9.59 Å². The lowest BCUT2D eigenvalue weighted by Crippen LogP contribution is -2.42. The van der Waals surface area contributed by atoms with E-state index >= 15 is 0 Å². The molecule has 1 heterocycles. The number of hydrogen-bond acceptors (Lipinski definition) is 4. The van der Waals surface area contributed by atoms with Gasteiger partial charge in [-0.1, -0.05) is 36.4 Å². The van der Waals surface area contributed by atoms with Crippen LogP contribution in [-0.4, -0.2) is 46.4 Å². The zero-order chi connectivity index (χ0) is 21.7. The Balaban J connectivity index is 1.66. The molecular weight excluding hydrogens is 380 g/mol. The van der Waals surface area contributed by atoms with Gasteiger partial charge in [0.2, 0.25) is 5.91 Å². The van der Waals surface area contributed by atoms with Crippen LogP contribution in [0, 0.1) is 6.92 Å². The van der Waals surface area contributed by atoms with E-state index in [4.69, 9.17) is 4.74 Å². The summed E-state index contributed by atoms with van der Waals surface area (Å²) < 4.78 is 9.00. The SMILES string of the molecule is Cc1c(NC(=O)C(C)N(C)CCOc2ccccc2)c(=O)n(-c2ccccc2)n1C. The van der Waals surface area contributed by atoms with Crippen molar-refractivity contribution < 1.29 is 9.53 Å². The fourth-order valence-corrected chi connectivity index (χ4v) is 3.16. The topological polar surface area (TPSA) is 68.5 Å². The largest absolute Gasteiger partial charge is 0.492 e. The van der Waals surface area contributed by atoms with E-state index in [1.54, 1.807) is 16.4 Å². The van der Waals surface area contributed by atoms with Crippen molar-refractivity contribution in [2.75, 3.05) is 25.5 Å². The van der Waals surface area contributed by atoms with Crippen molar-refractivity contribution in [1.29, 1.82) is 0 Å². The van der Waals surface area contributed by atoms with Crippen molar-refractivity contribution in [3.8, 4) is 11.4 Å². The summed E-state index contributed by atoms with van der Waals surface area (Å²) in [7, 11) is 3.66. The summed E-state index contributed by atoms with van der Waals surface area (Å²) in [6.07, 6.45) is 0. The molecule has 0 spiro atoms. The van der Waals surface area contributed by atoms with Crippen LogP contribution in [0.2, 0.25) is 0 Å². The summed E-state index contributed by atoms with van der Waals surface area (Å²) in [5.41, 5.74) is 1.49. The minimum atomic E-state index is -0.423. The maximum atomic E-state index is 13.0. The van der Waals surface area contributed by atoms with E-state index in [0.717, 1.165) is 11.4 Å². The maximum absolute atomic E-state index is 13.0. The molecule has 0 saturated heterocycles. The van der Waals surface area contributed by atoms with Crippen molar-refractivity contribution >= 4 is 11.6 Å². The molecule has 0 radical (unpaired) electrons. The smallest absolute Gasteiger partial charge is 0.295 e. The van der Waals surface area contributed by atoms with E-state index in [-0.39, 0.29) is 11.5 Å². The van der Waals surface area contributed by atoms with Crippen molar-refractivity contribution in [2.45, 2.75) is 19.9 Å². The molecule has 0 fully saturated rings. The molecule has 0 aliphatic heterocycles. The lowest BCUT2D eigenvalue weighted by molar-refractivity contribution is -0.120. The Morgan fingerprint density at radius 1 is 1.10 bits per heavy atom. The summed E-state index contributed by atoms with van der Waals surface area (Å²) in [4.78, 5) is 27.7. The molecular formula is C23H28N4O3. The highest BCUT2D eigenvalue weighted by Gasteiger charge is 2.23. The van der Waals surface area contributed by atoms with Gasteiger partial charge in [0.25, 0.3) is 5.56 Å². The van der Waals surface area contributed by atoms with E-state index in [0.29, 0.717) is 24.5 Å². The molecule has 158 valence electrons. The quantitative estimate of drug-likeness (QED) is 0.622. The zero-order valence-corrected chi connectivity index (χ0v) is 17.8. The van der Waals surface area contributed by atoms with Gasteiger partial charge in [-0.15, -0.1) is 0 Å². The molecule has 0 aliphatic rings. The third kappa shape index (κ3) is 4.63. The highest BCUT2D eigenvalue weighted by molar-refractivity contribution is 5.94. The Labute approximate surface area is 176 Å². The monoisotopic (exact) mass is 408 g/mol. The molecule has 1 unspecified atom stereocenters. The molecule has 2 aromatic carbocycles. The van der Waals surface area contributed by atoms with Crippen molar-refractivity contribution in [3.05, 3.63) is 76.7 Å². The molecule has 0 bridgehead atoms. The van der Waals surface area contributed by atoms with Crippen molar-refractivity contribution in [1.82, 2.24) is 14.3 Å². The molecule has 1 amide bonds. The van der Waals surface area contributed by atoms with Gasteiger partial charge in [0.05, 0.1) is 17.4 Å². The Morgan fingerprint density at radius 3 is 2.33 bits per heavy atom. The van der Waals surface area contributed by atoms with E-state index in [2.05, 4.69) is 5.32 Å². The predicted octanol–water partition coefficient (Wildman–Crippen LogP) is 2.82. The molecule has 3 rings (SSSR count). The lowest BCUT2D eigenvalue weighted by atomic mass is 10.2. The molecule has 3 aromatic rings. The first-order valence-electron chi connectivity index (χ1n) is 9.93. The maximum Gasteiger partial charge on any atom is 0.295 e. The number of carbonyl (C=O) groups is 1. The second-order valence-corrected chi connectivity index (χ2v) is 7.24. The van der Waals surface area contributed by atoms with Crippen LogP contribution in [-0.2, 0) is 11.8 Å². The summed E-state index contributed by atoms with van der Waals surface area (Å²) in [5.74, 6) is 0.563. The van der Waals surface area contributed by atoms with Crippen molar-refractivity contribution in [2.24, 2.45) is 7.05 Å². The van der Waals surface area contributed by atoms with E-state index in [1.807, 2.05) is 86.5 Å².